The van der Waals surface area contributed by atoms with E-state index >= 15 is 4.79 Å². The SMILES string of the molecule is Cc1ncsc1-c1ccc([C@H](C)NC(=O)[C@@H]2C[C@@H](O)CN2C(=O)[C@@H](NC(=O)C2CC(NC(=O)c3nc(N4CCCc5c4nnc(Nc4nc6ccccc6s4)c5C)ccc3-c3cnn(CC45CC6(OCCN7CCCC7)C[C@](C)(C4)C[C@](C)(C5)C6)c3C)C2)C(C)(C)C)cc1. The van der Waals surface area contributed by atoms with E-state index in [0.717, 1.165) is 124 Å². The number of likely N-dealkylation sites (tertiary alicyclic amines) is 2. The molecule has 5 aliphatic carbocycles. The lowest BCUT2D eigenvalue weighted by atomic mass is 9.39. The van der Waals surface area contributed by atoms with Crippen LogP contribution in [0.4, 0.5) is 22.6 Å². The van der Waals surface area contributed by atoms with Crippen molar-refractivity contribution in [2.45, 2.75) is 188 Å². The smallest absolute Gasteiger partial charge is 0.270 e. The van der Waals surface area contributed by atoms with Crippen molar-refractivity contribution in [3.05, 3.63) is 106 Å². The summed E-state index contributed by atoms with van der Waals surface area (Å²) in [5, 5.41) is 39.4. The predicted octanol–water partition coefficient (Wildman–Crippen LogP) is 11.3. The number of hydrogen-bond acceptors (Lipinski definition) is 17. The quantitative estimate of drug-likeness (QED) is 0.0506. The van der Waals surface area contributed by atoms with Crippen LogP contribution in [-0.4, -0.2) is 143 Å². The van der Waals surface area contributed by atoms with Crippen LogP contribution in [0.1, 0.15) is 163 Å². The Morgan fingerprint density at radius 2 is 1.59 bits per heavy atom. The molecule has 8 aliphatic rings. The summed E-state index contributed by atoms with van der Waals surface area (Å²) < 4.78 is 10.4. The first-order valence-electron chi connectivity index (χ1n) is 34.0. The van der Waals surface area contributed by atoms with Crippen LogP contribution in [0.3, 0.4) is 0 Å². The first kappa shape index (κ1) is 64.1. The fourth-order valence-corrected chi connectivity index (χ4v) is 19.8. The zero-order chi connectivity index (χ0) is 65.6. The van der Waals surface area contributed by atoms with Crippen LogP contribution in [0, 0.1) is 48.3 Å². The summed E-state index contributed by atoms with van der Waals surface area (Å²) >= 11 is 3.15. The minimum absolute atomic E-state index is 0.00548. The van der Waals surface area contributed by atoms with Gasteiger partial charge in [0, 0.05) is 72.5 Å². The van der Waals surface area contributed by atoms with Crippen LogP contribution in [0.2, 0.25) is 0 Å². The number of fused-ring (bicyclic) bond motifs is 2. The minimum Gasteiger partial charge on any atom is -0.391 e. The van der Waals surface area contributed by atoms with Crippen molar-refractivity contribution in [1.29, 1.82) is 0 Å². The summed E-state index contributed by atoms with van der Waals surface area (Å²) in [5.41, 5.74) is 9.84. The number of ether oxygens (including phenoxy) is 1. The summed E-state index contributed by atoms with van der Waals surface area (Å²) in [6.07, 6.45) is 12.6. The van der Waals surface area contributed by atoms with Crippen molar-refractivity contribution in [3.63, 3.8) is 0 Å². The van der Waals surface area contributed by atoms with Crippen LogP contribution in [0.5, 0.6) is 0 Å². The Morgan fingerprint density at radius 1 is 0.830 bits per heavy atom. The van der Waals surface area contributed by atoms with E-state index in [4.69, 9.17) is 30.0 Å². The zero-order valence-electron chi connectivity index (χ0n) is 55.8. The second-order valence-corrected chi connectivity index (χ2v) is 32.5. The molecule has 4 bridgehead atoms. The largest absolute Gasteiger partial charge is 0.391 e. The van der Waals surface area contributed by atoms with Gasteiger partial charge in [0.2, 0.25) is 17.7 Å². The third kappa shape index (κ3) is 12.5. The fourth-order valence-electron chi connectivity index (χ4n) is 18.2. The minimum atomic E-state index is -1.00. The molecule has 15 rings (SSSR count). The van der Waals surface area contributed by atoms with Crippen LogP contribution >= 0.6 is 22.7 Å². The molecule has 94 heavy (non-hydrogen) atoms. The van der Waals surface area contributed by atoms with Crippen molar-refractivity contribution in [2.75, 3.05) is 49.5 Å². The zero-order valence-corrected chi connectivity index (χ0v) is 57.4. The summed E-state index contributed by atoms with van der Waals surface area (Å²) in [4.78, 5) is 80.0. The van der Waals surface area contributed by atoms with Gasteiger partial charge in [-0.1, -0.05) is 82.4 Å². The maximum absolute atomic E-state index is 15.2. The van der Waals surface area contributed by atoms with E-state index < -0.39 is 35.4 Å². The highest BCUT2D eigenvalue weighted by molar-refractivity contribution is 7.22. The summed E-state index contributed by atoms with van der Waals surface area (Å²) in [5.74, 6) is -0.0719. The molecule has 5 saturated carbocycles. The number of pyridine rings is 1. The molecule has 5 N–H and O–H groups in total. The summed E-state index contributed by atoms with van der Waals surface area (Å²) in [6.45, 7) is 24.1. The Hall–Kier alpha value is -7.24. The molecule has 8 atom stereocenters. The molecular weight excluding hydrogens is 1220 g/mol. The van der Waals surface area contributed by atoms with Gasteiger partial charge in [0.15, 0.2) is 16.8 Å². The normalized spacial score (nSPS) is 27.1. The van der Waals surface area contributed by atoms with Gasteiger partial charge in [-0.25, -0.2) is 15.0 Å². The monoisotopic (exact) mass is 1310 g/mol. The lowest BCUT2D eigenvalue weighted by Crippen LogP contribution is -2.64. The molecule has 5 aromatic heterocycles. The number of para-hydroxylation sites is 1. The molecule has 496 valence electrons. The van der Waals surface area contributed by atoms with Gasteiger partial charge in [-0.2, -0.15) is 5.10 Å². The van der Waals surface area contributed by atoms with E-state index in [1.54, 1.807) is 22.7 Å². The molecule has 0 spiro atoms. The van der Waals surface area contributed by atoms with Gasteiger partial charge in [0.05, 0.1) is 56.8 Å². The number of benzene rings is 2. The third-order valence-corrected chi connectivity index (χ3v) is 23.6. The van der Waals surface area contributed by atoms with Gasteiger partial charge < -0.3 is 45.8 Å². The number of β-amino-alcohol motifs (C(OH)–C–C–N with tert-alkyl or cyclic N) is 1. The Labute approximate surface area is 558 Å². The number of nitrogens with one attached hydrogen (secondary N) is 4. The predicted molar refractivity (Wildman–Crippen MR) is 366 cm³/mol. The van der Waals surface area contributed by atoms with Crippen LogP contribution < -0.4 is 26.2 Å². The molecule has 4 amide bonds. The summed E-state index contributed by atoms with van der Waals surface area (Å²) in [7, 11) is 0. The Balaban J connectivity index is 0.690. The number of aliphatic hydroxyl groups excluding tert-OH is 1. The number of carbonyl (C=O) groups is 4. The number of anilines is 4. The van der Waals surface area contributed by atoms with Crippen molar-refractivity contribution in [2.24, 2.45) is 27.6 Å². The lowest BCUT2D eigenvalue weighted by molar-refractivity contribution is -0.248. The van der Waals surface area contributed by atoms with Crippen molar-refractivity contribution < 1.29 is 29.0 Å². The Morgan fingerprint density at radius 3 is 2.31 bits per heavy atom. The Kier molecular flexibility index (Phi) is 16.9. The van der Waals surface area contributed by atoms with Crippen molar-refractivity contribution in [3.8, 4) is 21.6 Å². The lowest BCUT2D eigenvalue weighted by Gasteiger charge is -2.69. The van der Waals surface area contributed by atoms with E-state index in [9.17, 15) is 19.5 Å². The molecule has 7 aromatic rings. The number of hydrogen-bond donors (Lipinski definition) is 5. The number of aromatic nitrogens is 7. The summed E-state index contributed by atoms with van der Waals surface area (Å²) in [6, 6.07) is 17.3. The molecule has 3 aliphatic heterocycles. The highest BCUT2D eigenvalue weighted by Gasteiger charge is 2.66. The Bertz CT molecular complexity index is 4000. The average molecular weight is 1310 g/mol. The van der Waals surface area contributed by atoms with Crippen molar-refractivity contribution in [1.82, 2.24) is 60.7 Å². The number of amides is 4. The standard InChI is InChI=1S/C72H90N14O6S2/c1-42-51-15-14-26-84(62(51)82-81-61(42)80-67-77-54-16-10-11-17-56(54)94-67)57-23-22-52(53-32-74-86(45(53)4)40-71-35-69(8)34-70(9,36-71)38-72(37-69,39-71)92-28-27-83-24-12-13-25-83)58(78-57)65(90)76-49-29-48(30-49)63(88)79-60(68(5,6)7)66(91)85-33-50(87)31-55(85)64(89)75-43(2)46-18-20-47(21-19-46)59-44(3)73-41-93-59/h10-11,16-23,32,41,43,48-50,55,60,87H,12-15,24-31,33-40H2,1-9H3,(H,75,89)(H,76,90)(H,79,88)(H,77,80,81)/t43-,48?,49?,50+,55-,60+,69-,70+,71?,72?/m0/s1. The first-order chi connectivity index (χ1) is 44.9. The number of nitrogens with zero attached hydrogens (tertiary/aromatic N) is 10. The van der Waals surface area contributed by atoms with Crippen LogP contribution in [0.15, 0.2) is 72.4 Å². The molecule has 2 saturated heterocycles. The van der Waals surface area contributed by atoms with E-state index in [0.29, 0.717) is 42.4 Å². The number of aryl methyl sites for hydroxylation is 1. The highest BCUT2D eigenvalue weighted by Crippen LogP contribution is 2.72. The molecule has 20 nitrogen and oxygen atoms in total. The molecular formula is C72H90N14O6S2. The molecule has 8 heterocycles. The second-order valence-electron chi connectivity index (χ2n) is 30.6. The van der Waals surface area contributed by atoms with Gasteiger partial charge in [-0.15, -0.1) is 21.5 Å². The van der Waals surface area contributed by atoms with E-state index in [1.807, 2.05) is 101 Å². The second kappa shape index (κ2) is 24.8. The van der Waals surface area contributed by atoms with Gasteiger partial charge in [-0.05, 0) is 175 Å². The van der Waals surface area contributed by atoms with Gasteiger partial charge in [-0.3, -0.25) is 23.9 Å². The maximum atomic E-state index is 15.2. The first-order valence-corrected chi connectivity index (χ1v) is 35.7. The van der Waals surface area contributed by atoms with E-state index in [-0.39, 0.29) is 70.3 Å². The molecule has 2 aromatic carbocycles. The van der Waals surface area contributed by atoms with Gasteiger partial charge in [0.1, 0.15) is 23.6 Å². The highest BCUT2D eigenvalue weighted by atomic mass is 32.1. The van der Waals surface area contributed by atoms with E-state index in [1.165, 1.54) is 37.3 Å². The third-order valence-electron chi connectivity index (χ3n) is 21.7. The average Bonchev–Trinajstić information content (AvgIpc) is 0.711. The molecule has 2 unspecified atom stereocenters. The maximum Gasteiger partial charge on any atom is 0.270 e. The molecule has 7 fully saturated rings. The van der Waals surface area contributed by atoms with Crippen LogP contribution in [-0.2, 0) is 32.1 Å². The van der Waals surface area contributed by atoms with E-state index in [2.05, 4.69) is 74.5 Å². The van der Waals surface area contributed by atoms with Gasteiger partial charge >= 0.3 is 0 Å². The number of thiazole rings is 2. The van der Waals surface area contributed by atoms with Gasteiger partial charge in [0.25, 0.3) is 5.91 Å². The fraction of sp³-hybridized carbons (Fsp3) is 0.556. The number of rotatable bonds is 19. The molecule has 22 heteroatoms. The molecule has 0 radical (unpaired) electrons. The number of aliphatic hydroxyl groups is 1. The van der Waals surface area contributed by atoms with Crippen LogP contribution in [0.25, 0.3) is 31.8 Å². The topological polar surface area (TPSA) is 238 Å². The van der Waals surface area contributed by atoms with Crippen molar-refractivity contribution >= 4 is 79.1 Å². The number of carbonyl (C=O) groups excluding carboxylic acids is 4.